The minimum absolute atomic E-state index is 0.0640. The zero-order valence-electron chi connectivity index (χ0n) is 24.5. The van der Waals surface area contributed by atoms with Crippen LogP contribution in [0.3, 0.4) is 0 Å². The topological polar surface area (TPSA) is 116 Å². The third-order valence-electron chi connectivity index (χ3n) is 7.28. The number of rotatable bonds is 13. The number of fused-ring (bicyclic) bond motifs is 1. The molecular formula is C30H41N5O6. The van der Waals surface area contributed by atoms with E-state index in [1.54, 1.807) is 32.4 Å². The van der Waals surface area contributed by atoms with Crippen LogP contribution >= 0.6 is 0 Å². The SMILES string of the molecule is COCCCOc1cc(C(=O)N(C[C@@H]2CNC[C@H]2OC(=O)NCc2nc3ccccc3n2C)C(C)C)ccc1OC. The van der Waals surface area contributed by atoms with Crippen LogP contribution in [0.15, 0.2) is 42.5 Å². The standard InChI is InChI=1S/C30H41N5O6/c1-20(2)35(29(36)21-11-12-25(39-5)26(15-21)40-14-8-13-38-4)19-22-16-31-17-27(22)41-30(37)32-18-28-33-23-9-6-7-10-24(23)34(28)3/h6-7,9-12,15,20,22,27,31H,8,13-14,16-19H2,1-5H3,(H,32,37)/t22-,27+/m0/s1. The predicted octanol–water partition coefficient (Wildman–Crippen LogP) is 3.36. The number of ether oxygens (including phenoxy) is 4. The average molecular weight is 568 g/mol. The number of carbonyl (C=O) groups is 2. The maximum Gasteiger partial charge on any atom is 0.407 e. The molecule has 11 nitrogen and oxygen atoms in total. The number of hydrogen-bond acceptors (Lipinski definition) is 8. The largest absolute Gasteiger partial charge is 0.493 e. The molecule has 0 radical (unpaired) electrons. The molecule has 41 heavy (non-hydrogen) atoms. The first-order chi connectivity index (χ1) is 19.8. The van der Waals surface area contributed by atoms with Gasteiger partial charge in [0.05, 0.1) is 31.3 Å². The second-order valence-electron chi connectivity index (χ2n) is 10.4. The molecule has 0 spiro atoms. The summed E-state index contributed by atoms with van der Waals surface area (Å²) < 4.78 is 24.1. The lowest BCUT2D eigenvalue weighted by atomic mass is 10.0. The van der Waals surface area contributed by atoms with E-state index in [4.69, 9.17) is 18.9 Å². The van der Waals surface area contributed by atoms with Crippen LogP contribution in [0.1, 0.15) is 36.5 Å². The zero-order chi connectivity index (χ0) is 29.4. The van der Waals surface area contributed by atoms with Gasteiger partial charge in [-0.25, -0.2) is 9.78 Å². The van der Waals surface area contributed by atoms with Gasteiger partial charge < -0.3 is 39.0 Å². The summed E-state index contributed by atoms with van der Waals surface area (Å²) in [6, 6.07) is 13.0. The maximum absolute atomic E-state index is 13.7. The Balaban J connectivity index is 1.37. The number of aryl methyl sites for hydroxylation is 1. The average Bonchev–Trinajstić information content (AvgIpc) is 3.55. The first-order valence-corrected chi connectivity index (χ1v) is 14.0. The zero-order valence-corrected chi connectivity index (χ0v) is 24.5. The lowest BCUT2D eigenvalue weighted by molar-refractivity contribution is 0.0521. The van der Waals surface area contributed by atoms with E-state index in [0.29, 0.717) is 49.9 Å². The second-order valence-corrected chi connectivity index (χ2v) is 10.4. The van der Waals surface area contributed by atoms with Crippen LogP contribution in [0.5, 0.6) is 11.5 Å². The first kappa shape index (κ1) is 30.1. The highest BCUT2D eigenvalue weighted by Crippen LogP contribution is 2.29. The Bertz CT molecular complexity index is 1330. The van der Waals surface area contributed by atoms with E-state index in [0.717, 1.165) is 23.3 Å². The number of nitrogens with one attached hydrogen (secondary N) is 2. The molecule has 3 aromatic rings. The molecule has 2 atom stereocenters. The van der Waals surface area contributed by atoms with Crippen molar-refractivity contribution in [3.05, 3.63) is 53.9 Å². The molecule has 2 heterocycles. The number of alkyl carbamates (subject to hydrolysis) is 1. The van der Waals surface area contributed by atoms with Crippen LogP contribution in [0, 0.1) is 5.92 Å². The summed E-state index contributed by atoms with van der Waals surface area (Å²) in [5.41, 5.74) is 2.38. The number of aromatic nitrogens is 2. The van der Waals surface area contributed by atoms with Crippen molar-refractivity contribution < 1.29 is 28.5 Å². The fraction of sp³-hybridized carbons (Fsp3) is 0.500. The summed E-state index contributed by atoms with van der Waals surface area (Å²) >= 11 is 0. The van der Waals surface area contributed by atoms with Gasteiger partial charge in [-0.05, 0) is 44.2 Å². The van der Waals surface area contributed by atoms with E-state index in [-0.39, 0.29) is 30.5 Å². The molecule has 0 unspecified atom stereocenters. The molecule has 1 aliphatic rings. The number of benzene rings is 2. The first-order valence-electron chi connectivity index (χ1n) is 14.0. The van der Waals surface area contributed by atoms with Gasteiger partial charge in [0.15, 0.2) is 11.5 Å². The van der Waals surface area contributed by atoms with Gasteiger partial charge in [0.25, 0.3) is 5.91 Å². The van der Waals surface area contributed by atoms with Crippen LogP contribution in [-0.2, 0) is 23.1 Å². The molecule has 0 aliphatic carbocycles. The minimum atomic E-state index is -0.511. The molecule has 1 saturated heterocycles. The Morgan fingerprint density at radius 3 is 2.66 bits per heavy atom. The Morgan fingerprint density at radius 1 is 1.12 bits per heavy atom. The van der Waals surface area contributed by atoms with Gasteiger partial charge >= 0.3 is 6.09 Å². The number of amides is 2. The van der Waals surface area contributed by atoms with E-state index in [2.05, 4.69) is 15.6 Å². The van der Waals surface area contributed by atoms with Gasteiger partial charge in [-0.3, -0.25) is 4.79 Å². The number of hydrogen-bond donors (Lipinski definition) is 2. The van der Waals surface area contributed by atoms with Crippen molar-refractivity contribution in [3.8, 4) is 11.5 Å². The highest BCUT2D eigenvalue weighted by molar-refractivity contribution is 5.95. The molecule has 1 aliphatic heterocycles. The van der Waals surface area contributed by atoms with E-state index in [1.807, 2.05) is 54.6 Å². The van der Waals surface area contributed by atoms with Crippen molar-refractivity contribution in [1.29, 1.82) is 0 Å². The highest BCUT2D eigenvalue weighted by atomic mass is 16.6. The molecule has 222 valence electrons. The third kappa shape index (κ3) is 7.47. The van der Waals surface area contributed by atoms with Crippen molar-refractivity contribution in [2.24, 2.45) is 13.0 Å². The molecule has 11 heteroatoms. The Hall–Kier alpha value is -3.83. The molecular weight excluding hydrogens is 526 g/mol. The number of imidazole rings is 1. The molecule has 2 amide bonds. The molecule has 1 aromatic heterocycles. The number of methoxy groups -OCH3 is 2. The summed E-state index contributed by atoms with van der Waals surface area (Å²) in [6.45, 7) is 6.82. The summed E-state index contributed by atoms with van der Waals surface area (Å²) in [6.07, 6.45) is -0.165. The summed E-state index contributed by atoms with van der Waals surface area (Å²) in [4.78, 5) is 32.8. The van der Waals surface area contributed by atoms with Crippen LogP contribution < -0.4 is 20.1 Å². The van der Waals surface area contributed by atoms with Crippen LogP contribution in [0.4, 0.5) is 4.79 Å². The van der Waals surface area contributed by atoms with E-state index in [1.165, 1.54) is 0 Å². The molecule has 4 rings (SSSR count). The van der Waals surface area contributed by atoms with Gasteiger partial charge in [0.2, 0.25) is 0 Å². The van der Waals surface area contributed by atoms with Gasteiger partial charge in [0, 0.05) is 64.3 Å². The number of carbonyl (C=O) groups excluding carboxylic acids is 2. The second kappa shape index (κ2) is 14.2. The van der Waals surface area contributed by atoms with Crippen LogP contribution in [0.2, 0.25) is 0 Å². The van der Waals surface area contributed by atoms with Gasteiger partial charge in [-0.1, -0.05) is 12.1 Å². The molecule has 2 N–H and O–H groups in total. The molecule has 2 aromatic carbocycles. The Kier molecular flexibility index (Phi) is 10.4. The third-order valence-corrected chi connectivity index (χ3v) is 7.28. The minimum Gasteiger partial charge on any atom is -0.493 e. The molecule has 1 fully saturated rings. The van der Waals surface area contributed by atoms with Crippen molar-refractivity contribution in [1.82, 2.24) is 25.1 Å². The lowest BCUT2D eigenvalue weighted by Gasteiger charge is -2.31. The van der Waals surface area contributed by atoms with Crippen molar-refractivity contribution in [2.75, 3.05) is 47.1 Å². The number of nitrogens with zero attached hydrogens (tertiary/aromatic N) is 3. The maximum atomic E-state index is 13.7. The fourth-order valence-electron chi connectivity index (χ4n) is 4.97. The molecule has 0 bridgehead atoms. The van der Waals surface area contributed by atoms with Gasteiger partial charge in [0.1, 0.15) is 11.9 Å². The van der Waals surface area contributed by atoms with Crippen molar-refractivity contribution in [2.45, 2.75) is 39.0 Å². The Morgan fingerprint density at radius 2 is 1.93 bits per heavy atom. The van der Waals surface area contributed by atoms with Gasteiger partial charge in [-0.15, -0.1) is 0 Å². The van der Waals surface area contributed by atoms with E-state index < -0.39 is 6.09 Å². The summed E-state index contributed by atoms with van der Waals surface area (Å²) in [5, 5.41) is 6.13. The van der Waals surface area contributed by atoms with Gasteiger partial charge in [-0.2, -0.15) is 0 Å². The predicted molar refractivity (Wildman–Crippen MR) is 155 cm³/mol. The summed E-state index contributed by atoms with van der Waals surface area (Å²) in [5.74, 6) is 1.63. The molecule has 0 saturated carbocycles. The smallest absolute Gasteiger partial charge is 0.407 e. The van der Waals surface area contributed by atoms with E-state index in [9.17, 15) is 9.59 Å². The van der Waals surface area contributed by atoms with E-state index >= 15 is 0 Å². The lowest BCUT2D eigenvalue weighted by Crippen LogP contribution is -2.44. The van der Waals surface area contributed by atoms with Crippen LogP contribution in [0.25, 0.3) is 11.0 Å². The monoisotopic (exact) mass is 567 g/mol. The quantitative estimate of drug-likeness (QED) is 0.302. The fourth-order valence-corrected chi connectivity index (χ4v) is 4.97. The highest BCUT2D eigenvalue weighted by Gasteiger charge is 2.34. The summed E-state index contributed by atoms with van der Waals surface area (Å²) in [7, 11) is 5.14. The van der Waals surface area contributed by atoms with Crippen molar-refractivity contribution >= 4 is 23.0 Å². The Labute approximate surface area is 241 Å². The number of para-hydroxylation sites is 2. The normalized spacial score (nSPS) is 16.6. The van der Waals surface area contributed by atoms with Crippen molar-refractivity contribution in [3.63, 3.8) is 0 Å². The van der Waals surface area contributed by atoms with Crippen LogP contribution in [-0.4, -0.2) is 85.7 Å².